The molecule has 3 aromatic rings. The molecule has 3 rings (SSSR count). The topological polar surface area (TPSA) is 84.2 Å². The molecule has 24 heavy (non-hydrogen) atoms. The molecule has 124 valence electrons. The van der Waals surface area contributed by atoms with E-state index in [1.165, 1.54) is 0 Å². The third-order valence-corrected chi connectivity index (χ3v) is 3.63. The van der Waals surface area contributed by atoms with Gasteiger partial charge in [-0.3, -0.25) is 9.78 Å². The van der Waals surface area contributed by atoms with E-state index < -0.39 is 0 Å². The molecule has 1 amide bonds. The SMILES string of the molecule is CCCCNC(=O)c1cnn2ccc(NCc3cccnc3)nc12. The maximum Gasteiger partial charge on any atom is 0.256 e. The number of pyridine rings is 1. The van der Waals surface area contributed by atoms with Crippen molar-refractivity contribution in [3.63, 3.8) is 0 Å². The van der Waals surface area contributed by atoms with Crippen LogP contribution in [0, 0.1) is 0 Å². The Labute approximate surface area is 140 Å². The Hall–Kier alpha value is -2.96. The Morgan fingerprint density at radius 2 is 2.21 bits per heavy atom. The molecule has 7 nitrogen and oxygen atoms in total. The zero-order valence-electron chi connectivity index (χ0n) is 13.6. The van der Waals surface area contributed by atoms with E-state index in [4.69, 9.17) is 0 Å². The summed E-state index contributed by atoms with van der Waals surface area (Å²) in [6.45, 7) is 3.36. The van der Waals surface area contributed by atoms with Crippen LogP contribution in [0.15, 0.2) is 43.0 Å². The first-order valence-electron chi connectivity index (χ1n) is 8.03. The number of aromatic nitrogens is 4. The first kappa shape index (κ1) is 15.9. The number of carbonyl (C=O) groups excluding carboxylic acids is 1. The van der Waals surface area contributed by atoms with Gasteiger partial charge in [-0.05, 0) is 24.1 Å². The minimum absolute atomic E-state index is 0.143. The van der Waals surface area contributed by atoms with Gasteiger partial charge in [0.05, 0.1) is 6.20 Å². The summed E-state index contributed by atoms with van der Waals surface area (Å²) in [6.07, 6.45) is 8.87. The van der Waals surface area contributed by atoms with Crippen molar-refractivity contribution in [1.29, 1.82) is 0 Å². The molecule has 0 aromatic carbocycles. The zero-order chi connectivity index (χ0) is 16.8. The molecule has 0 spiro atoms. The molecular formula is C17H20N6O. The fourth-order valence-electron chi connectivity index (χ4n) is 2.30. The van der Waals surface area contributed by atoms with Gasteiger partial charge in [0.15, 0.2) is 5.65 Å². The highest BCUT2D eigenvalue weighted by molar-refractivity contribution is 5.99. The average Bonchev–Trinajstić information content (AvgIpc) is 3.04. The molecule has 0 bridgehead atoms. The van der Waals surface area contributed by atoms with Gasteiger partial charge < -0.3 is 10.6 Å². The molecule has 0 saturated heterocycles. The molecule has 0 fully saturated rings. The Balaban J connectivity index is 1.74. The van der Waals surface area contributed by atoms with Crippen molar-refractivity contribution in [2.45, 2.75) is 26.3 Å². The van der Waals surface area contributed by atoms with E-state index in [1.54, 1.807) is 29.3 Å². The van der Waals surface area contributed by atoms with E-state index in [2.05, 4.69) is 32.6 Å². The molecule has 0 saturated carbocycles. The van der Waals surface area contributed by atoms with Gasteiger partial charge >= 0.3 is 0 Å². The van der Waals surface area contributed by atoms with Crippen LogP contribution in [0.1, 0.15) is 35.7 Å². The number of rotatable bonds is 7. The molecule has 7 heteroatoms. The maximum atomic E-state index is 12.3. The highest BCUT2D eigenvalue weighted by Gasteiger charge is 2.14. The quantitative estimate of drug-likeness (QED) is 0.651. The summed E-state index contributed by atoms with van der Waals surface area (Å²) in [7, 11) is 0. The lowest BCUT2D eigenvalue weighted by Crippen LogP contribution is -2.24. The summed E-state index contributed by atoms with van der Waals surface area (Å²) in [5.41, 5.74) is 2.08. The predicted octanol–water partition coefficient (Wildman–Crippen LogP) is 2.27. The number of nitrogens with one attached hydrogen (secondary N) is 2. The molecule has 0 unspecified atom stereocenters. The Bertz CT molecular complexity index is 814. The molecule has 2 N–H and O–H groups in total. The van der Waals surface area contributed by atoms with E-state index in [0.717, 1.165) is 18.4 Å². The third kappa shape index (κ3) is 3.68. The fraction of sp³-hybridized carbons (Fsp3) is 0.294. The molecule has 3 heterocycles. The van der Waals surface area contributed by atoms with Crippen molar-refractivity contribution < 1.29 is 4.79 Å². The van der Waals surface area contributed by atoms with Gasteiger partial charge in [-0.1, -0.05) is 19.4 Å². The maximum absolute atomic E-state index is 12.3. The highest BCUT2D eigenvalue weighted by atomic mass is 16.1. The van der Waals surface area contributed by atoms with Crippen molar-refractivity contribution in [2.24, 2.45) is 0 Å². The van der Waals surface area contributed by atoms with Crippen molar-refractivity contribution in [1.82, 2.24) is 24.9 Å². The number of amides is 1. The smallest absolute Gasteiger partial charge is 0.256 e. The van der Waals surface area contributed by atoms with Crippen LogP contribution in [-0.2, 0) is 6.54 Å². The summed E-state index contributed by atoms with van der Waals surface area (Å²) in [5, 5.41) is 10.3. The number of anilines is 1. The minimum atomic E-state index is -0.143. The van der Waals surface area contributed by atoms with Gasteiger partial charge in [-0.25, -0.2) is 9.50 Å². The number of hydrogen-bond donors (Lipinski definition) is 2. The normalized spacial score (nSPS) is 10.7. The predicted molar refractivity (Wildman–Crippen MR) is 91.8 cm³/mol. The second kappa shape index (κ2) is 7.54. The standard InChI is InChI=1S/C17H20N6O/c1-2-3-8-19-17(24)14-12-21-23-9-6-15(22-16(14)23)20-11-13-5-4-7-18-10-13/h4-7,9-10,12H,2-3,8,11H2,1H3,(H,19,24)(H,20,22). The summed E-state index contributed by atoms with van der Waals surface area (Å²) < 4.78 is 1.60. The van der Waals surface area contributed by atoms with E-state index in [0.29, 0.717) is 30.1 Å². The second-order valence-electron chi connectivity index (χ2n) is 5.46. The van der Waals surface area contributed by atoms with Crippen molar-refractivity contribution in [3.05, 3.63) is 54.1 Å². The van der Waals surface area contributed by atoms with Crippen LogP contribution in [0.3, 0.4) is 0 Å². The molecular weight excluding hydrogens is 304 g/mol. The van der Waals surface area contributed by atoms with Gasteiger partial charge in [-0.15, -0.1) is 0 Å². The molecule has 0 aliphatic rings. The van der Waals surface area contributed by atoms with Gasteiger partial charge in [0, 0.05) is 31.7 Å². The molecule has 0 atom stereocenters. The Kier molecular flexibility index (Phi) is 5.00. The zero-order valence-corrected chi connectivity index (χ0v) is 13.6. The summed E-state index contributed by atoms with van der Waals surface area (Å²) >= 11 is 0. The Morgan fingerprint density at radius 3 is 3.00 bits per heavy atom. The van der Waals surface area contributed by atoms with E-state index >= 15 is 0 Å². The van der Waals surface area contributed by atoms with Crippen molar-refractivity contribution in [2.75, 3.05) is 11.9 Å². The van der Waals surface area contributed by atoms with Gasteiger partial charge in [0.1, 0.15) is 11.4 Å². The first-order valence-corrected chi connectivity index (χ1v) is 8.03. The van der Waals surface area contributed by atoms with Crippen LogP contribution in [0.25, 0.3) is 5.65 Å². The lowest BCUT2D eigenvalue weighted by molar-refractivity contribution is 0.0954. The summed E-state index contributed by atoms with van der Waals surface area (Å²) in [5.74, 6) is 0.546. The van der Waals surface area contributed by atoms with Crippen molar-refractivity contribution in [3.8, 4) is 0 Å². The van der Waals surface area contributed by atoms with Crippen LogP contribution in [-0.4, -0.2) is 32.0 Å². The fourth-order valence-corrected chi connectivity index (χ4v) is 2.30. The number of nitrogens with zero attached hydrogens (tertiary/aromatic N) is 4. The van der Waals surface area contributed by atoms with Crippen LogP contribution in [0.5, 0.6) is 0 Å². The molecule has 0 aliphatic carbocycles. The number of unbranched alkanes of at least 4 members (excludes halogenated alkanes) is 1. The van der Waals surface area contributed by atoms with Crippen molar-refractivity contribution >= 4 is 17.4 Å². The number of hydrogen-bond acceptors (Lipinski definition) is 5. The summed E-state index contributed by atoms with van der Waals surface area (Å²) in [6, 6.07) is 5.71. The van der Waals surface area contributed by atoms with Gasteiger partial charge in [0.2, 0.25) is 0 Å². The largest absolute Gasteiger partial charge is 0.366 e. The minimum Gasteiger partial charge on any atom is -0.366 e. The van der Waals surface area contributed by atoms with Crippen LogP contribution in [0.4, 0.5) is 5.82 Å². The van der Waals surface area contributed by atoms with Crippen LogP contribution < -0.4 is 10.6 Å². The van der Waals surface area contributed by atoms with E-state index in [-0.39, 0.29) is 5.91 Å². The van der Waals surface area contributed by atoms with Gasteiger partial charge in [0.25, 0.3) is 5.91 Å². The molecule has 0 aliphatic heterocycles. The highest BCUT2D eigenvalue weighted by Crippen LogP contribution is 2.12. The lowest BCUT2D eigenvalue weighted by atomic mass is 10.3. The second-order valence-corrected chi connectivity index (χ2v) is 5.46. The van der Waals surface area contributed by atoms with E-state index in [1.807, 2.05) is 18.2 Å². The van der Waals surface area contributed by atoms with Gasteiger partial charge in [-0.2, -0.15) is 5.10 Å². The van der Waals surface area contributed by atoms with Crippen LogP contribution >= 0.6 is 0 Å². The Morgan fingerprint density at radius 1 is 1.29 bits per heavy atom. The third-order valence-electron chi connectivity index (χ3n) is 3.63. The first-order chi connectivity index (χ1) is 11.8. The van der Waals surface area contributed by atoms with E-state index in [9.17, 15) is 4.79 Å². The number of carbonyl (C=O) groups is 1. The number of fused-ring (bicyclic) bond motifs is 1. The molecule has 3 aromatic heterocycles. The lowest BCUT2D eigenvalue weighted by Gasteiger charge is -2.06. The average molecular weight is 324 g/mol. The monoisotopic (exact) mass is 324 g/mol. The summed E-state index contributed by atoms with van der Waals surface area (Å²) in [4.78, 5) is 20.8. The molecule has 0 radical (unpaired) electrons. The van der Waals surface area contributed by atoms with Crippen LogP contribution in [0.2, 0.25) is 0 Å².